The zero-order valence-corrected chi connectivity index (χ0v) is 12.1. The fourth-order valence-electron chi connectivity index (χ4n) is 1.71. The first-order chi connectivity index (χ1) is 9.93. The molecule has 0 spiro atoms. The highest BCUT2D eigenvalue weighted by atomic mass is 28.2. The summed E-state index contributed by atoms with van der Waals surface area (Å²) < 4.78 is 0. The van der Waals surface area contributed by atoms with Crippen LogP contribution < -0.4 is 10.3 Å². The monoisotopic (exact) mass is 307 g/mol. The molecule has 21 heavy (non-hydrogen) atoms. The van der Waals surface area contributed by atoms with Gasteiger partial charge in [0.2, 0.25) is 5.91 Å². The second kappa shape index (κ2) is 8.17. The molecule has 0 aliphatic rings. The van der Waals surface area contributed by atoms with Crippen LogP contribution in [0.15, 0.2) is 30.3 Å². The van der Waals surface area contributed by atoms with Crippen molar-refractivity contribution in [1.82, 2.24) is 10.3 Å². The molecule has 3 radical (unpaired) electrons. The minimum absolute atomic E-state index is 0.115. The predicted octanol–water partition coefficient (Wildman–Crippen LogP) is -0.685. The minimum Gasteiger partial charge on any atom is -0.481 e. The summed E-state index contributed by atoms with van der Waals surface area (Å²) in [7, 11) is 2.87. The van der Waals surface area contributed by atoms with Crippen LogP contribution in [-0.2, 0) is 20.8 Å². The molecule has 1 rings (SSSR count). The molecule has 0 fully saturated rings. The Hall–Kier alpha value is -2.19. The zero-order chi connectivity index (χ0) is 15.8. The van der Waals surface area contributed by atoms with Gasteiger partial charge in [0.15, 0.2) is 0 Å². The number of hydrogen-bond donors (Lipinski definition) is 4. The maximum atomic E-state index is 11.9. The SMILES string of the molecule is O=C(O)C[C@H](N[Si])C(=O)N[C@@H](Cc1ccccc1)C(=O)O. The molecule has 0 unspecified atom stereocenters. The van der Waals surface area contributed by atoms with Gasteiger partial charge in [0.05, 0.1) is 12.5 Å². The van der Waals surface area contributed by atoms with E-state index in [0.717, 1.165) is 5.56 Å². The summed E-state index contributed by atoms with van der Waals surface area (Å²) in [5.41, 5.74) is 0.756. The van der Waals surface area contributed by atoms with Crippen LogP contribution in [0.2, 0.25) is 0 Å². The summed E-state index contributed by atoms with van der Waals surface area (Å²) in [4.78, 5) is 36.1. The van der Waals surface area contributed by atoms with Gasteiger partial charge in [0.1, 0.15) is 16.4 Å². The van der Waals surface area contributed by atoms with Crippen LogP contribution in [0.5, 0.6) is 0 Å². The van der Waals surface area contributed by atoms with Crippen molar-refractivity contribution in [3.8, 4) is 0 Å². The van der Waals surface area contributed by atoms with E-state index in [9.17, 15) is 14.4 Å². The molecule has 0 aliphatic carbocycles. The summed E-state index contributed by atoms with van der Waals surface area (Å²) in [6.07, 6.45) is -0.351. The first kappa shape index (κ1) is 16.9. The fraction of sp³-hybridized carbons (Fsp3) is 0.308. The minimum atomic E-state index is -1.18. The standard InChI is InChI=1S/C13H15N2O5Si/c16-11(17)7-9(15-21)12(18)14-10(13(19)20)6-8-4-2-1-3-5-8/h1-5,9-10,15H,6-7H2,(H,14,18)(H,16,17)(H,19,20)/t9-,10-/m0/s1. The third-order valence-electron chi connectivity index (χ3n) is 2.77. The molecule has 0 heterocycles. The van der Waals surface area contributed by atoms with Gasteiger partial charge in [-0.15, -0.1) is 0 Å². The Morgan fingerprint density at radius 3 is 2.19 bits per heavy atom. The number of carbonyl (C=O) groups excluding carboxylic acids is 1. The van der Waals surface area contributed by atoms with Crippen LogP contribution in [0.3, 0.4) is 0 Å². The van der Waals surface area contributed by atoms with Crippen LogP contribution in [0.1, 0.15) is 12.0 Å². The first-order valence-corrected chi connectivity index (χ1v) is 6.65. The van der Waals surface area contributed by atoms with Crippen molar-refractivity contribution in [1.29, 1.82) is 0 Å². The highest BCUT2D eigenvalue weighted by Crippen LogP contribution is 2.04. The molecule has 4 N–H and O–H groups in total. The number of rotatable bonds is 8. The van der Waals surface area contributed by atoms with Gasteiger partial charge in [-0.25, -0.2) is 4.79 Å². The number of carboxylic acid groups (broad SMARTS) is 2. The molecule has 0 bridgehead atoms. The summed E-state index contributed by atoms with van der Waals surface area (Å²) in [5, 5.41) is 20.2. The molecular weight excluding hydrogens is 292 g/mol. The molecule has 7 nitrogen and oxygen atoms in total. The lowest BCUT2D eigenvalue weighted by Gasteiger charge is -2.19. The Balaban J connectivity index is 2.71. The largest absolute Gasteiger partial charge is 0.481 e. The second-order valence-corrected chi connectivity index (χ2v) is 4.67. The number of nitrogens with one attached hydrogen (secondary N) is 2. The summed E-state index contributed by atoms with van der Waals surface area (Å²) in [6, 6.07) is 6.65. The van der Waals surface area contributed by atoms with Gasteiger partial charge in [-0.2, -0.15) is 0 Å². The highest BCUT2D eigenvalue weighted by Gasteiger charge is 2.25. The van der Waals surface area contributed by atoms with E-state index < -0.39 is 36.4 Å². The van der Waals surface area contributed by atoms with Gasteiger partial charge in [0, 0.05) is 6.42 Å². The number of carbonyl (C=O) groups is 3. The molecule has 1 amide bonds. The van der Waals surface area contributed by atoms with Gasteiger partial charge >= 0.3 is 11.9 Å². The topological polar surface area (TPSA) is 116 Å². The lowest BCUT2D eigenvalue weighted by Crippen LogP contribution is -2.51. The van der Waals surface area contributed by atoms with Crippen LogP contribution in [0.25, 0.3) is 0 Å². The number of hydrogen-bond acceptors (Lipinski definition) is 4. The van der Waals surface area contributed by atoms with Crippen molar-refractivity contribution in [2.24, 2.45) is 0 Å². The maximum absolute atomic E-state index is 11.9. The average Bonchev–Trinajstić information content (AvgIpc) is 2.44. The normalized spacial score (nSPS) is 13.2. The van der Waals surface area contributed by atoms with Gasteiger partial charge < -0.3 is 20.5 Å². The van der Waals surface area contributed by atoms with E-state index in [4.69, 9.17) is 10.2 Å². The Morgan fingerprint density at radius 1 is 1.10 bits per heavy atom. The van der Waals surface area contributed by atoms with Crippen molar-refractivity contribution in [3.63, 3.8) is 0 Å². The Kier molecular flexibility index (Phi) is 6.56. The molecule has 0 saturated heterocycles. The van der Waals surface area contributed by atoms with Crippen molar-refractivity contribution < 1.29 is 24.6 Å². The molecule has 1 aromatic carbocycles. The van der Waals surface area contributed by atoms with E-state index in [2.05, 4.69) is 20.7 Å². The summed E-state index contributed by atoms with van der Waals surface area (Å²) >= 11 is 0. The summed E-state index contributed by atoms with van der Waals surface area (Å²) in [5.74, 6) is -3.05. The van der Waals surface area contributed by atoms with Crippen molar-refractivity contribution in [2.45, 2.75) is 24.9 Å². The van der Waals surface area contributed by atoms with Crippen molar-refractivity contribution in [3.05, 3.63) is 35.9 Å². The molecule has 0 aromatic heterocycles. The van der Waals surface area contributed by atoms with E-state index >= 15 is 0 Å². The smallest absolute Gasteiger partial charge is 0.326 e. The van der Waals surface area contributed by atoms with Crippen LogP contribution in [0.4, 0.5) is 0 Å². The highest BCUT2D eigenvalue weighted by molar-refractivity contribution is 6.07. The second-order valence-electron chi connectivity index (χ2n) is 4.38. The van der Waals surface area contributed by atoms with E-state index in [0.29, 0.717) is 0 Å². The molecule has 111 valence electrons. The third kappa shape index (κ3) is 5.75. The van der Waals surface area contributed by atoms with Gasteiger partial charge in [-0.3, -0.25) is 9.59 Å². The van der Waals surface area contributed by atoms with Gasteiger partial charge in [-0.05, 0) is 5.56 Å². The van der Waals surface area contributed by atoms with E-state index in [-0.39, 0.29) is 6.42 Å². The Labute approximate surface area is 124 Å². The quantitative estimate of drug-likeness (QED) is 0.473. The number of amides is 1. The molecule has 1 aromatic rings. The molecule has 2 atom stereocenters. The first-order valence-electron chi connectivity index (χ1n) is 6.15. The zero-order valence-electron chi connectivity index (χ0n) is 11.1. The van der Waals surface area contributed by atoms with Crippen LogP contribution >= 0.6 is 0 Å². The number of benzene rings is 1. The Morgan fingerprint density at radius 2 is 1.71 bits per heavy atom. The Bertz CT molecular complexity index is 509. The molecular formula is C13H15N2O5Si. The van der Waals surface area contributed by atoms with Crippen LogP contribution in [0, 0.1) is 0 Å². The van der Waals surface area contributed by atoms with E-state index in [1.807, 2.05) is 0 Å². The summed E-state index contributed by atoms with van der Waals surface area (Å²) in [6.45, 7) is 0. The number of aliphatic carboxylic acids is 2. The molecule has 0 aliphatic heterocycles. The number of carboxylic acids is 2. The maximum Gasteiger partial charge on any atom is 0.326 e. The van der Waals surface area contributed by atoms with E-state index in [1.54, 1.807) is 30.3 Å². The van der Waals surface area contributed by atoms with Crippen molar-refractivity contribution in [2.75, 3.05) is 0 Å². The average molecular weight is 307 g/mol. The fourth-order valence-corrected chi connectivity index (χ4v) is 1.94. The third-order valence-corrected chi connectivity index (χ3v) is 3.12. The van der Waals surface area contributed by atoms with E-state index in [1.165, 1.54) is 0 Å². The van der Waals surface area contributed by atoms with Crippen molar-refractivity contribution >= 4 is 28.2 Å². The lowest BCUT2D eigenvalue weighted by molar-refractivity contribution is -0.142. The molecule has 8 heteroatoms. The van der Waals surface area contributed by atoms with Gasteiger partial charge in [-0.1, -0.05) is 30.3 Å². The van der Waals surface area contributed by atoms with Crippen LogP contribution in [-0.4, -0.2) is 50.5 Å². The lowest BCUT2D eigenvalue weighted by atomic mass is 10.1. The molecule has 0 saturated carbocycles. The van der Waals surface area contributed by atoms with Gasteiger partial charge in [0.25, 0.3) is 0 Å². The predicted molar refractivity (Wildman–Crippen MR) is 74.6 cm³/mol.